The van der Waals surface area contributed by atoms with Gasteiger partial charge in [-0.3, -0.25) is 0 Å². The van der Waals surface area contributed by atoms with Crippen LogP contribution in [0.2, 0.25) is 0 Å². The van der Waals surface area contributed by atoms with Crippen molar-refractivity contribution in [1.29, 1.82) is 0 Å². The zero-order valence-corrected chi connectivity index (χ0v) is 26.8. The monoisotopic (exact) mass is 604 g/mol. The molecule has 0 aliphatic heterocycles. The van der Waals surface area contributed by atoms with Crippen molar-refractivity contribution in [3.05, 3.63) is 175 Å². The molecule has 9 rings (SSSR count). The molecule has 2 nitrogen and oxygen atoms in total. The van der Waals surface area contributed by atoms with Gasteiger partial charge >= 0.3 is 0 Å². The molecule has 7 aromatic rings. The van der Waals surface area contributed by atoms with Gasteiger partial charge in [0.25, 0.3) is 0 Å². The van der Waals surface area contributed by atoms with E-state index in [2.05, 4.69) is 181 Å². The first-order valence-corrected chi connectivity index (χ1v) is 16.7. The Hall–Kier alpha value is -5.60. The Morgan fingerprint density at radius 3 is 2.00 bits per heavy atom. The smallest absolute Gasteiger partial charge is 0.0544 e. The quantitative estimate of drug-likeness (QED) is 0.190. The molecule has 1 aromatic heterocycles. The van der Waals surface area contributed by atoms with Gasteiger partial charge in [0.1, 0.15) is 0 Å². The highest BCUT2D eigenvalue weighted by Crippen LogP contribution is 2.52. The number of para-hydroxylation sites is 3. The van der Waals surface area contributed by atoms with Crippen LogP contribution in [0.3, 0.4) is 0 Å². The number of benzene rings is 6. The normalized spacial score (nSPS) is 14.6. The highest BCUT2D eigenvalue weighted by atomic mass is 15.1. The zero-order chi connectivity index (χ0) is 31.5. The van der Waals surface area contributed by atoms with Crippen LogP contribution in [-0.4, -0.2) is 4.57 Å². The van der Waals surface area contributed by atoms with Crippen LogP contribution in [0, 0.1) is 0 Å². The van der Waals surface area contributed by atoms with Gasteiger partial charge in [-0.1, -0.05) is 105 Å². The molecule has 0 unspecified atom stereocenters. The van der Waals surface area contributed by atoms with Crippen LogP contribution < -0.4 is 4.90 Å². The Kier molecular flexibility index (Phi) is 6.33. The van der Waals surface area contributed by atoms with E-state index in [9.17, 15) is 0 Å². The summed E-state index contributed by atoms with van der Waals surface area (Å²) in [7, 11) is 0. The van der Waals surface area contributed by atoms with Crippen molar-refractivity contribution in [2.24, 2.45) is 0 Å². The molecule has 2 aliphatic rings. The van der Waals surface area contributed by atoms with Gasteiger partial charge in [0.2, 0.25) is 0 Å². The number of aromatic nitrogens is 1. The van der Waals surface area contributed by atoms with Crippen LogP contribution in [0.5, 0.6) is 0 Å². The average molecular weight is 605 g/mol. The molecule has 6 aromatic carbocycles. The lowest BCUT2D eigenvalue weighted by molar-refractivity contribution is 0.661. The van der Waals surface area contributed by atoms with Crippen LogP contribution in [0.15, 0.2) is 163 Å². The van der Waals surface area contributed by atoms with E-state index in [1.165, 1.54) is 77.9 Å². The van der Waals surface area contributed by atoms with Gasteiger partial charge in [0.15, 0.2) is 0 Å². The lowest BCUT2D eigenvalue weighted by Crippen LogP contribution is -2.16. The summed E-state index contributed by atoms with van der Waals surface area (Å²) in [4.78, 5) is 2.36. The van der Waals surface area contributed by atoms with Gasteiger partial charge in [0.05, 0.1) is 11.0 Å². The standard InChI is InChI=1S/C45H36N2/c1-45(2)41-27-24-32(31-22-25-36(26-23-31)46(33-14-6-3-7-15-33)34-16-8-4-9-17-34)28-38(41)39-29-40-37-20-12-13-21-43(37)47(44(40)30-42(39)45)35-18-10-5-11-19-35/h3,5-8,10-30H,4,9H2,1-2H3. The summed E-state index contributed by atoms with van der Waals surface area (Å²) in [5, 5.41) is 2.59. The fraction of sp³-hybridized carbons (Fsp3) is 0.111. The van der Waals surface area contributed by atoms with Crippen molar-refractivity contribution in [3.8, 4) is 27.9 Å². The number of allylic oxidation sites excluding steroid dienone is 3. The molecular formula is C45H36N2. The average Bonchev–Trinajstić information content (AvgIpc) is 3.57. The molecule has 0 fully saturated rings. The van der Waals surface area contributed by atoms with Crippen molar-refractivity contribution in [1.82, 2.24) is 4.57 Å². The summed E-state index contributed by atoms with van der Waals surface area (Å²) in [6.07, 6.45) is 9.03. The van der Waals surface area contributed by atoms with Gasteiger partial charge in [0, 0.05) is 38.9 Å². The Labute approximate surface area is 276 Å². The molecular weight excluding hydrogens is 569 g/mol. The minimum Gasteiger partial charge on any atom is -0.311 e. The van der Waals surface area contributed by atoms with E-state index in [1.807, 2.05) is 0 Å². The third kappa shape index (κ3) is 4.40. The molecule has 0 amide bonds. The van der Waals surface area contributed by atoms with E-state index >= 15 is 0 Å². The number of anilines is 2. The third-order valence-electron chi connectivity index (χ3n) is 10.2. The summed E-state index contributed by atoms with van der Waals surface area (Å²) in [6, 6.07) is 51.3. The van der Waals surface area contributed by atoms with Gasteiger partial charge in [-0.25, -0.2) is 0 Å². The van der Waals surface area contributed by atoms with Crippen LogP contribution >= 0.6 is 0 Å². The fourth-order valence-electron chi connectivity index (χ4n) is 7.84. The van der Waals surface area contributed by atoms with Crippen molar-refractivity contribution in [2.75, 3.05) is 4.90 Å². The Bertz CT molecular complexity index is 2350. The molecule has 2 heteroatoms. The topological polar surface area (TPSA) is 8.17 Å². The number of nitrogens with zero attached hydrogens (tertiary/aromatic N) is 2. The maximum Gasteiger partial charge on any atom is 0.0544 e. The third-order valence-corrected chi connectivity index (χ3v) is 10.2. The molecule has 47 heavy (non-hydrogen) atoms. The number of hydrogen-bond donors (Lipinski definition) is 0. The van der Waals surface area contributed by atoms with E-state index in [0.717, 1.165) is 12.8 Å². The number of hydrogen-bond acceptors (Lipinski definition) is 1. The van der Waals surface area contributed by atoms with Gasteiger partial charge in [-0.05, 0) is 113 Å². The highest BCUT2D eigenvalue weighted by Gasteiger charge is 2.36. The van der Waals surface area contributed by atoms with Gasteiger partial charge in [-0.15, -0.1) is 0 Å². The van der Waals surface area contributed by atoms with E-state index in [1.54, 1.807) is 0 Å². The van der Waals surface area contributed by atoms with E-state index in [0.29, 0.717) is 0 Å². The second-order valence-corrected chi connectivity index (χ2v) is 13.3. The summed E-state index contributed by atoms with van der Waals surface area (Å²) in [6.45, 7) is 4.75. The molecule has 0 saturated heterocycles. The van der Waals surface area contributed by atoms with E-state index in [-0.39, 0.29) is 5.41 Å². The number of fused-ring (bicyclic) bond motifs is 6. The van der Waals surface area contributed by atoms with Gasteiger partial charge in [-0.2, -0.15) is 0 Å². The van der Waals surface area contributed by atoms with Gasteiger partial charge < -0.3 is 9.47 Å². The molecule has 0 bridgehead atoms. The largest absolute Gasteiger partial charge is 0.311 e. The number of rotatable bonds is 5. The highest BCUT2D eigenvalue weighted by molar-refractivity contribution is 6.11. The van der Waals surface area contributed by atoms with Crippen LogP contribution in [-0.2, 0) is 5.41 Å². The molecule has 2 aliphatic carbocycles. The molecule has 0 saturated carbocycles. The molecule has 226 valence electrons. The molecule has 0 atom stereocenters. The Morgan fingerprint density at radius 1 is 0.553 bits per heavy atom. The molecule has 0 spiro atoms. The second-order valence-electron chi connectivity index (χ2n) is 13.3. The van der Waals surface area contributed by atoms with Crippen molar-refractivity contribution in [3.63, 3.8) is 0 Å². The maximum atomic E-state index is 2.46. The summed E-state index contributed by atoms with van der Waals surface area (Å²) < 4.78 is 2.43. The minimum absolute atomic E-state index is 0.101. The summed E-state index contributed by atoms with van der Waals surface area (Å²) in [5.41, 5.74) is 15.1. The predicted molar refractivity (Wildman–Crippen MR) is 199 cm³/mol. The lowest BCUT2D eigenvalue weighted by atomic mass is 9.82. The van der Waals surface area contributed by atoms with Crippen LogP contribution in [0.1, 0.15) is 37.8 Å². The van der Waals surface area contributed by atoms with E-state index in [4.69, 9.17) is 0 Å². The van der Waals surface area contributed by atoms with Crippen LogP contribution in [0.25, 0.3) is 49.7 Å². The van der Waals surface area contributed by atoms with E-state index < -0.39 is 0 Å². The maximum absolute atomic E-state index is 2.46. The first-order valence-electron chi connectivity index (χ1n) is 16.7. The van der Waals surface area contributed by atoms with Crippen molar-refractivity contribution in [2.45, 2.75) is 32.1 Å². The SMILES string of the molecule is CC1(C)c2ccc(-c3ccc(N(C4=CCCC=C4)c4ccccc4)cc3)cc2-c2cc3c4ccccc4n(-c4ccccc4)c3cc21. The fourth-order valence-corrected chi connectivity index (χ4v) is 7.84. The summed E-state index contributed by atoms with van der Waals surface area (Å²) in [5.74, 6) is 0. The first-order chi connectivity index (χ1) is 23.1. The molecule has 0 N–H and O–H groups in total. The summed E-state index contributed by atoms with van der Waals surface area (Å²) >= 11 is 0. The lowest BCUT2D eigenvalue weighted by Gasteiger charge is -2.27. The Morgan fingerprint density at radius 2 is 1.23 bits per heavy atom. The molecule has 1 heterocycles. The van der Waals surface area contributed by atoms with Crippen LogP contribution in [0.4, 0.5) is 11.4 Å². The second kappa shape index (κ2) is 10.7. The first kappa shape index (κ1) is 27.7. The minimum atomic E-state index is -0.101. The zero-order valence-electron chi connectivity index (χ0n) is 26.8. The Balaban J connectivity index is 1.15. The predicted octanol–water partition coefficient (Wildman–Crippen LogP) is 12.1. The molecule has 0 radical (unpaired) electrons. The van der Waals surface area contributed by atoms with Crippen molar-refractivity contribution >= 4 is 33.2 Å². The van der Waals surface area contributed by atoms with Crippen molar-refractivity contribution < 1.29 is 0 Å².